The van der Waals surface area contributed by atoms with Crippen LogP contribution in [0.2, 0.25) is 0 Å². The van der Waals surface area contributed by atoms with Gasteiger partial charge in [0.1, 0.15) is 60.0 Å². The highest BCUT2D eigenvalue weighted by atomic mass is 32.2. The largest absolute Gasteiger partial charge is 0.481 e. The molecule has 4 aromatic carbocycles. The number of benzene rings is 4. The molecule has 9 rings (SSSR count). The summed E-state index contributed by atoms with van der Waals surface area (Å²) in [5, 5.41) is 31.3. The van der Waals surface area contributed by atoms with Crippen molar-refractivity contribution in [3.63, 3.8) is 0 Å². The zero-order valence-corrected chi connectivity index (χ0v) is 57.1. The number of primary amides is 1. The summed E-state index contributed by atoms with van der Waals surface area (Å²) in [7, 11) is 0. The van der Waals surface area contributed by atoms with Crippen LogP contribution >= 0.6 is 23.5 Å². The van der Waals surface area contributed by atoms with Gasteiger partial charge in [0.25, 0.3) is 0 Å². The Balaban J connectivity index is 1.06. The highest BCUT2D eigenvalue weighted by Crippen LogP contribution is 2.30. The molecule has 8 atom stereocenters. The van der Waals surface area contributed by atoms with Crippen LogP contribution in [0.25, 0.3) is 21.8 Å². The van der Waals surface area contributed by atoms with Crippen LogP contribution in [0.5, 0.6) is 0 Å². The second-order valence-corrected chi connectivity index (χ2v) is 27.1. The van der Waals surface area contributed by atoms with E-state index in [0.29, 0.717) is 41.1 Å². The van der Waals surface area contributed by atoms with E-state index in [1.807, 2.05) is 24.3 Å². The number of nitrogens with zero attached hydrogens (tertiary/aromatic N) is 2. The lowest BCUT2D eigenvalue weighted by molar-refractivity contribution is -0.143. The zero-order valence-electron chi connectivity index (χ0n) is 55.4. The van der Waals surface area contributed by atoms with Gasteiger partial charge < -0.3 is 79.0 Å². The van der Waals surface area contributed by atoms with Gasteiger partial charge in [0.15, 0.2) is 0 Å². The summed E-state index contributed by atoms with van der Waals surface area (Å²) in [6, 6.07) is 5.85. The van der Waals surface area contributed by atoms with Gasteiger partial charge in [0.05, 0.1) is 24.9 Å². The van der Waals surface area contributed by atoms with E-state index in [1.54, 1.807) is 0 Å². The van der Waals surface area contributed by atoms with E-state index in [0.717, 1.165) is 52.4 Å². The topological polar surface area (TPSA) is 420 Å². The molecule has 10 amide bonds. The molecule has 0 radical (unpaired) electrons. The number of carbonyl (C=O) groups excluding carboxylic acids is 10. The van der Waals surface area contributed by atoms with E-state index in [1.165, 1.54) is 72.7 Å². The third-order valence-corrected chi connectivity index (χ3v) is 19.5. The summed E-state index contributed by atoms with van der Waals surface area (Å²) in [4.78, 5) is 170. The number of nitrogens with two attached hydrogens (primary N) is 2. The number of fused-ring (bicyclic) bond motifs is 5. The van der Waals surface area contributed by atoms with Crippen molar-refractivity contribution in [2.24, 2.45) is 11.5 Å². The predicted molar refractivity (Wildman–Crippen MR) is 370 cm³/mol. The zero-order chi connectivity index (χ0) is 73.9. The average molecular weight is 1470 g/mol. The van der Waals surface area contributed by atoms with Gasteiger partial charge in [-0.2, -0.15) is 36.7 Å². The summed E-state index contributed by atoms with van der Waals surface area (Å²) in [6.07, 6.45) is -1.19. The molecule has 2 aliphatic rings. The van der Waals surface area contributed by atoms with Crippen molar-refractivity contribution in [2.45, 2.75) is 137 Å². The van der Waals surface area contributed by atoms with Gasteiger partial charge in [0, 0.05) is 108 Å². The number of hydrogen-bond acceptors (Lipinski definition) is 15. The van der Waals surface area contributed by atoms with Crippen LogP contribution < -0.4 is 54.0 Å². The minimum atomic E-state index is -4.76. The van der Waals surface area contributed by atoms with E-state index in [-0.39, 0.29) is 77.7 Å². The number of carbonyl (C=O) groups is 11. The number of H-pyrrole nitrogens is 3. The van der Waals surface area contributed by atoms with Crippen LogP contribution in [0, 0.1) is 11.6 Å². The minimum Gasteiger partial charge on any atom is -0.481 e. The predicted octanol–water partition coefficient (Wildman–Crippen LogP) is 3.10. The quantitative estimate of drug-likeness (QED) is 0.0518. The molecule has 103 heavy (non-hydrogen) atoms. The molecular weight excluding hydrogens is 1390 g/mol. The lowest BCUT2D eigenvalue weighted by atomic mass is 10.0. The van der Waals surface area contributed by atoms with Crippen LogP contribution in [0.3, 0.4) is 0 Å². The third kappa shape index (κ3) is 21.8. The number of alkyl halides is 3. The van der Waals surface area contributed by atoms with Crippen molar-refractivity contribution in [2.75, 3.05) is 31.1 Å². The van der Waals surface area contributed by atoms with E-state index >= 15 is 14.4 Å². The summed E-state index contributed by atoms with van der Waals surface area (Å²) in [5.41, 5.74) is 13.9. The Morgan fingerprint density at radius 1 is 0.621 bits per heavy atom. The second-order valence-electron chi connectivity index (χ2n) is 25.0. The van der Waals surface area contributed by atoms with Gasteiger partial charge in [0.2, 0.25) is 59.1 Å². The first kappa shape index (κ1) is 76.8. The molecule has 0 spiro atoms. The summed E-state index contributed by atoms with van der Waals surface area (Å²) in [6.45, 7) is -0.566. The highest BCUT2D eigenvalue weighted by molar-refractivity contribution is 7.98. The van der Waals surface area contributed by atoms with Crippen LogP contribution in [-0.2, 0) is 96.1 Å². The molecular formula is C69H78F5N15O12S2. The maximum atomic E-state index is 15.0. The number of carboxylic acid groups (broad SMARTS) is 1. The Morgan fingerprint density at radius 2 is 1.20 bits per heavy atom. The molecule has 0 saturated carbocycles. The molecule has 1 saturated heterocycles. The van der Waals surface area contributed by atoms with Crippen molar-refractivity contribution in [3.8, 4) is 0 Å². The maximum absolute atomic E-state index is 15.0. The molecule has 7 aromatic rings. The summed E-state index contributed by atoms with van der Waals surface area (Å²) >= 11 is 2.71. The number of unbranched alkanes of at least 4 members (excludes halogenated alkanes) is 1. The SMILES string of the molecule is NCCCC[C@@H]1NC(=O)CCSCc2cccc(c2)CSC[C@@H](C(N)=O)NC(=O)[C@@H]2CCCN2C(=O)[C@H](Cc2ccc(C(F)(F)F)cc2)NC(=O)[C@H](Cc2cnc[nH]2)NC(=O)[C@H](CC(=O)O)NC(=O)[C@H](Cc2c[nH]c3ccc(F)cc23)NC(=O)[C@H](Cc2c[nH]c3ccc(F)cc23)NC(=O)CNC1=O. The fourth-order valence-corrected chi connectivity index (χ4v) is 14.0. The Kier molecular flexibility index (Phi) is 26.8. The lowest BCUT2D eigenvalue weighted by Crippen LogP contribution is -2.61. The second kappa shape index (κ2) is 36.0. The van der Waals surface area contributed by atoms with Gasteiger partial charge in [-0.05, 0) is 115 Å². The molecule has 3 aromatic heterocycles. The first-order valence-corrected chi connectivity index (χ1v) is 35.4. The summed E-state index contributed by atoms with van der Waals surface area (Å²) in [5.74, 6) is -11.5. The van der Waals surface area contributed by atoms with Crippen molar-refractivity contribution in [1.82, 2.24) is 67.4 Å². The van der Waals surface area contributed by atoms with Gasteiger partial charge in [-0.3, -0.25) is 52.7 Å². The standard InChI is InChI=1S/C69H78F5N15O12S2/c70-43-13-15-48-46(25-43)40(29-78-48)23-51-63(96)84-52(24-41-30-79-49-16-14-44(71)26-47(41)49)64(97)86-54(28-60(92)93)66(99)85-53(27-45-31-77-36-81-45)65(98)87-55(22-37-9-11-42(12-10-37)69(72,73)74)68(101)89-19-4-8-57(89)67(100)88-56(61(76)94)35-103-34-39-6-3-5-38(21-39)33-102-20-17-58(90)82-50(7-1-2-18-75)62(95)80-32-59(91)83-51/h3,5-6,9-16,21,25-26,29-31,36,50-57,78-79H,1-2,4,7-8,17-20,22-24,27-28,32-35,75H2,(H2,76,94)(H,77,81)(H,80,95)(H,82,90)(H,83,91)(H,84,96)(H,85,99)(H,86,97)(H,87,98)(H,88,100)(H,92,93)/t50-,51-,52-,53-,54-,55-,56-,57-/m0/s1. The molecule has 0 unspecified atom stereocenters. The van der Waals surface area contributed by atoms with Gasteiger partial charge >= 0.3 is 12.1 Å². The van der Waals surface area contributed by atoms with E-state index in [2.05, 4.69) is 62.5 Å². The van der Waals surface area contributed by atoms with Crippen molar-refractivity contribution >= 4 is 110 Å². The van der Waals surface area contributed by atoms with Crippen LogP contribution in [0.15, 0.2) is 110 Å². The molecule has 27 nitrogen and oxygen atoms in total. The molecule has 2 aliphatic heterocycles. The van der Waals surface area contributed by atoms with E-state index < -0.39 is 175 Å². The lowest BCUT2D eigenvalue weighted by Gasteiger charge is -2.31. The van der Waals surface area contributed by atoms with Crippen molar-refractivity contribution in [3.05, 3.63) is 161 Å². The third-order valence-electron chi connectivity index (χ3n) is 17.4. The molecule has 2 bridgehead atoms. The number of aromatic amines is 3. The maximum Gasteiger partial charge on any atom is 0.416 e. The first-order chi connectivity index (χ1) is 49.3. The number of carboxylic acids is 1. The highest BCUT2D eigenvalue weighted by Gasteiger charge is 2.41. The Labute approximate surface area is 594 Å². The van der Waals surface area contributed by atoms with E-state index in [4.69, 9.17) is 11.5 Å². The Morgan fingerprint density at radius 3 is 1.80 bits per heavy atom. The molecule has 34 heteroatoms. The normalized spacial score (nSPS) is 22.0. The summed E-state index contributed by atoms with van der Waals surface area (Å²) < 4.78 is 71.4. The number of hydrogen-bond donors (Lipinski definition) is 14. The Bertz CT molecular complexity index is 4220. The molecule has 5 heterocycles. The van der Waals surface area contributed by atoms with E-state index in [9.17, 15) is 65.4 Å². The Hall–Kier alpha value is -10.4. The average Bonchev–Trinajstić information content (AvgIpc) is 1.74. The molecule has 548 valence electrons. The fraction of sp³-hybridized carbons (Fsp3) is 0.391. The monoisotopic (exact) mass is 1470 g/mol. The number of rotatable bonds is 15. The first-order valence-electron chi connectivity index (χ1n) is 33.1. The van der Waals surface area contributed by atoms with Crippen LogP contribution in [0.4, 0.5) is 22.0 Å². The number of imidazole rings is 1. The fourth-order valence-electron chi connectivity index (χ4n) is 12.1. The van der Waals surface area contributed by atoms with Gasteiger partial charge in [-0.15, -0.1) is 0 Å². The van der Waals surface area contributed by atoms with Crippen molar-refractivity contribution < 1.29 is 79.8 Å². The van der Waals surface area contributed by atoms with Crippen LogP contribution in [-0.4, -0.2) is 174 Å². The number of aromatic nitrogens is 4. The number of aliphatic carboxylic acids is 1. The number of nitrogens with one attached hydrogen (secondary N) is 11. The smallest absolute Gasteiger partial charge is 0.416 e. The molecule has 0 aliphatic carbocycles. The van der Waals surface area contributed by atoms with Crippen molar-refractivity contribution in [1.29, 1.82) is 0 Å². The van der Waals surface area contributed by atoms with Gasteiger partial charge in [-0.1, -0.05) is 36.4 Å². The molecule has 16 N–H and O–H groups in total. The number of amides is 10. The van der Waals surface area contributed by atoms with Gasteiger partial charge in [-0.25, -0.2) is 13.8 Å². The molecule has 1 fully saturated rings. The minimum absolute atomic E-state index is 0.0111. The van der Waals surface area contributed by atoms with Crippen LogP contribution in [0.1, 0.15) is 84.0 Å². The number of halogens is 5. The number of thioether (sulfide) groups is 2.